The first-order chi connectivity index (χ1) is 23.9. The molecular weight excluding hydrogens is 591 g/mol. The van der Waals surface area contributed by atoms with Crippen LogP contribution >= 0.6 is 0 Å². The third-order valence-corrected chi connectivity index (χ3v) is 11.1. The van der Waals surface area contributed by atoms with Crippen molar-refractivity contribution in [2.75, 3.05) is 4.90 Å². The summed E-state index contributed by atoms with van der Waals surface area (Å²) in [6.07, 6.45) is 0. The van der Waals surface area contributed by atoms with Crippen molar-refractivity contribution in [2.45, 2.75) is 38.5 Å². The van der Waals surface area contributed by atoms with Gasteiger partial charge in [0.1, 0.15) is 0 Å². The van der Waals surface area contributed by atoms with Crippen LogP contribution in [-0.4, -0.2) is 0 Å². The molecule has 0 radical (unpaired) electrons. The van der Waals surface area contributed by atoms with Gasteiger partial charge in [0, 0.05) is 27.6 Å². The molecule has 2 aliphatic carbocycles. The molecule has 9 rings (SSSR count). The normalized spacial score (nSPS) is 14.4. The van der Waals surface area contributed by atoms with Gasteiger partial charge in [-0.15, -0.1) is 0 Å². The zero-order valence-electron chi connectivity index (χ0n) is 28.5. The molecule has 0 fully saturated rings. The third kappa shape index (κ3) is 4.39. The van der Waals surface area contributed by atoms with E-state index in [0.717, 1.165) is 0 Å². The van der Waals surface area contributed by atoms with E-state index in [4.69, 9.17) is 0 Å². The van der Waals surface area contributed by atoms with Gasteiger partial charge in [0.2, 0.25) is 0 Å². The fourth-order valence-electron chi connectivity index (χ4n) is 8.63. The number of benzene rings is 7. The first kappa shape index (κ1) is 29.5. The molecule has 0 aromatic heterocycles. The lowest BCUT2D eigenvalue weighted by atomic mass is 9.81. The van der Waals surface area contributed by atoms with Crippen molar-refractivity contribution in [3.63, 3.8) is 0 Å². The van der Waals surface area contributed by atoms with Crippen molar-refractivity contribution in [3.8, 4) is 44.5 Å². The van der Waals surface area contributed by atoms with Crippen LogP contribution in [0.2, 0.25) is 0 Å². The Bertz CT molecular complexity index is 2380. The standard InChI is InChI=1S/C48H39N/c1-47(2)39-24-13-11-22-37(39)46-41(47)26-16-28-44(46)49(43-27-14-12-21-35(43)32-17-7-5-8-18-32)34-29-30-38-42(31-34)48(3,4)40-25-15-23-36(45(38)40)33-19-9-6-10-20-33/h5-31H,1-4H3. The van der Waals surface area contributed by atoms with Crippen LogP contribution in [0.15, 0.2) is 164 Å². The molecule has 1 heteroatoms. The van der Waals surface area contributed by atoms with E-state index in [1.54, 1.807) is 0 Å². The van der Waals surface area contributed by atoms with Crippen molar-refractivity contribution < 1.29 is 0 Å². The lowest BCUT2D eigenvalue weighted by molar-refractivity contribution is 0.660. The molecule has 0 saturated carbocycles. The Hall–Kier alpha value is -5.66. The number of para-hydroxylation sites is 1. The van der Waals surface area contributed by atoms with E-state index in [-0.39, 0.29) is 10.8 Å². The van der Waals surface area contributed by atoms with Crippen LogP contribution in [0.3, 0.4) is 0 Å². The quantitative estimate of drug-likeness (QED) is 0.183. The minimum absolute atomic E-state index is 0.0953. The summed E-state index contributed by atoms with van der Waals surface area (Å²) in [6.45, 7) is 9.50. The van der Waals surface area contributed by atoms with Crippen molar-refractivity contribution in [1.29, 1.82) is 0 Å². The highest BCUT2D eigenvalue weighted by Gasteiger charge is 2.40. The average molecular weight is 630 g/mol. The Labute approximate surface area is 290 Å². The molecule has 49 heavy (non-hydrogen) atoms. The van der Waals surface area contributed by atoms with Crippen molar-refractivity contribution >= 4 is 17.1 Å². The molecule has 0 spiro atoms. The van der Waals surface area contributed by atoms with E-state index >= 15 is 0 Å². The smallest absolute Gasteiger partial charge is 0.0543 e. The topological polar surface area (TPSA) is 3.24 Å². The van der Waals surface area contributed by atoms with Gasteiger partial charge in [-0.25, -0.2) is 0 Å². The van der Waals surface area contributed by atoms with Crippen LogP contribution in [0, 0.1) is 0 Å². The largest absolute Gasteiger partial charge is 0.309 e. The van der Waals surface area contributed by atoms with Crippen LogP contribution in [0.1, 0.15) is 49.9 Å². The summed E-state index contributed by atoms with van der Waals surface area (Å²) in [5.74, 6) is 0. The maximum Gasteiger partial charge on any atom is 0.0543 e. The van der Waals surface area contributed by atoms with Crippen LogP contribution in [0.4, 0.5) is 17.1 Å². The summed E-state index contributed by atoms with van der Waals surface area (Å²) >= 11 is 0. The Morgan fingerprint density at radius 2 is 0.837 bits per heavy atom. The van der Waals surface area contributed by atoms with Gasteiger partial charge in [0.25, 0.3) is 0 Å². The molecule has 7 aromatic carbocycles. The highest BCUT2D eigenvalue weighted by Crippen LogP contribution is 2.57. The second-order valence-corrected chi connectivity index (χ2v) is 14.5. The number of nitrogens with zero attached hydrogens (tertiary/aromatic N) is 1. The Morgan fingerprint density at radius 1 is 0.347 bits per heavy atom. The zero-order valence-corrected chi connectivity index (χ0v) is 28.5. The molecule has 7 aromatic rings. The average Bonchev–Trinajstić information content (AvgIpc) is 3.52. The number of fused-ring (bicyclic) bond motifs is 6. The molecule has 0 bridgehead atoms. The van der Waals surface area contributed by atoms with E-state index in [0.29, 0.717) is 0 Å². The molecular formula is C48H39N. The van der Waals surface area contributed by atoms with Gasteiger partial charge >= 0.3 is 0 Å². The summed E-state index contributed by atoms with van der Waals surface area (Å²) < 4.78 is 0. The summed E-state index contributed by atoms with van der Waals surface area (Å²) in [6, 6.07) is 60.4. The Kier molecular flexibility index (Phi) is 6.58. The summed E-state index contributed by atoms with van der Waals surface area (Å²) in [7, 11) is 0. The van der Waals surface area contributed by atoms with Crippen molar-refractivity contribution in [1.82, 2.24) is 0 Å². The van der Waals surface area contributed by atoms with Gasteiger partial charge in [-0.05, 0) is 79.9 Å². The lowest BCUT2D eigenvalue weighted by Gasteiger charge is -2.31. The SMILES string of the molecule is CC1(C)c2cc(N(c3ccccc3-c3ccccc3)c3cccc4c3-c3ccccc3C4(C)C)ccc2-c2c(-c3ccccc3)cccc21. The van der Waals surface area contributed by atoms with E-state index in [1.165, 1.54) is 83.8 Å². The molecule has 1 nitrogen and oxygen atoms in total. The molecule has 0 atom stereocenters. The predicted molar refractivity (Wildman–Crippen MR) is 207 cm³/mol. The lowest BCUT2D eigenvalue weighted by Crippen LogP contribution is -2.18. The Morgan fingerprint density at radius 3 is 1.57 bits per heavy atom. The van der Waals surface area contributed by atoms with Crippen LogP contribution in [-0.2, 0) is 10.8 Å². The molecule has 0 amide bonds. The van der Waals surface area contributed by atoms with Gasteiger partial charge in [-0.1, -0.05) is 167 Å². The number of hydrogen-bond donors (Lipinski definition) is 0. The van der Waals surface area contributed by atoms with E-state index in [9.17, 15) is 0 Å². The van der Waals surface area contributed by atoms with E-state index in [1.807, 2.05) is 0 Å². The first-order valence-electron chi connectivity index (χ1n) is 17.4. The molecule has 0 saturated heterocycles. The van der Waals surface area contributed by atoms with Gasteiger partial charge in [0.15, 0.2) is 0 Å². The number of rotatable bonds is 5. The van der Waals surface area contributed by atoms with Crippen LogP contribution < -0.4 is 4.90 Å². The zero-order chi connectivity index (χ0) is 33.3. The van der Waals surface area contributed by atoms with Gasteiger partial charge in [0.05, 0.1) is 11.4 Å². The predicted octanol–water partition coefficient (Wildman–Crippen LogP) is 13.1. The minimum atomic E-state index is -0.163. The monoisotopic (exact) mass is 629 g/mol. The second-order valence-electron chi connectivity index (χ2n) is 14.5. The van der Waals surface area contributed by atoms with Gasteiger partial charge in [-0.3, -0.25) is 0 Å². The van der Waals surface area contributed by atoms with Crippen molar-refractivity contribution in [3.05, 3.63) is 186 Å². The van der Waals surface area contributed by atoms with Crippen molar-refractivity contribution in [2.24, 2.45) is 0 Å². The fraction of sp³-hybridized carbons (Fsp3) is 0.125. The number of anilines is 3. The first-order valence-corrected chi connectivity index (χ1v) is 17.4. The third-order valence-electron chi connectivity index (χ3n) is 11.1. The Balaban J connectivity index is 1.31. The maximum atomic E-state index is 2.52. The minimum Gasteiger partial charge on any atom is -0.309 e. The van der Waals surface area contributed by atoms with E-state index in [2.05, 4.69) is 196 Å². The van der Waals surface area contributed by atoms with Crippen LogP contribution in [0.5, 0.6) is 0 Å². The summed E-state index contributed by atoms with van der Waals surface area (Å²) in [4.78, 5) is 2.52. The van der Waals surface area contributed by atoms with E-state index < -0.39 is 0 Å². The highest BCUT2D eigenvalue weighted by atomic mass is 15.1. The second kappa shape index (κ2) is 10.9. The molecule has 0 aliphatic heterocycles. The molecule has 236 valence electrons. The maximum absolute atomic E-state index is 2.52. The van der Waals surface area contributed by atoms with Gasteiger partial charge < -0.3 is 4.90 Å². The molecule has 0 unspecified atom stereocenters. The fourth-order valence-corrected chi connectivity index (χ4v) is 8.63. The summed E-state index contributed by atoms with van der Waals surface area (Å²) in [5, 5.41) is 0. The van der Waals surface area contributed by atoms with Gasteiger partial charge in [-0.2, -0.15) is 0 Å². The summed E-state index contributed by atoms with van der Waals surface area (Å²) in [5.41, 5.74) is 19.1. The molecule has 0 heterocycles. The molecule has 2 aliphatic rings. The van der Waals surface area contributed by atoms with Crippen LogP contribution in [0.25, 0.3) is 44.5 Å². The molecule has 0 N–H and O–H groups in total. The number of hydrogen-bond acceptors (Lipinski definition) is 1. The highest BCUT2D eigenvalue weighted by molar-refractivity contribution is 5.99.